The molecule has 1 aromatic carbocycles. The third kappa shape index (κ3) is 2.84. The fraction of sp³-hybridized carbons (Fsp3) is 0.0625. The van der Waals surface area contributed by atoms with Gasteiger partial charge in [0.2, 0.25) is 0 Å². The van der Waals surface area contributed by atoms with Gasteiger partial charge in [0, 0.05) is 18.9 Å². The highest BCUT2D eigenvalue weighted by molar-refractivity contribution is 5.62. The molecule has 3 aromatic heterocycles. The second-order valence-corrected chi connectivity index (χ2v) is 5.04. The number of nitrogens with zero attached hydrogens (tertiary/aromatic N) is 6. The number of benzene rings is 1. The first-order chi connectivity index (χ1) is 11.4. The van der Waals surface area contributed by atoms with Crippen LogP contribution in [0.25, 0.3) is 16.8 Å². The second kappa shape index (κ2) is 5.80. The molecule has 23 heavy (non-hydrogen) atoms. The topological polar surface area (TPSA) is 80.9 Å². The van der Waals surface area contributed by atoms with Gasteiger partial charge in [-0.25, -0.2) is 0 Å². The standard InChI is InChI=1S/C16H13N7/c1-2-14(11-17-9-1)13-5-3-12(4-6-13)10-18-15-7-8-16-19-21-22-23(16)20-15/h1-9,11H,10H2,(H,18,20). The number of hydrogen-bond donors (Lipinski definition) is 1. The Morgan fingerprint density at radius 1 is 0.957 bits per heavy atom. The molecule has 7 heteroatoms. The molecule has 0 aliphatic rings. The van der Waals surface area contributed by atoms with E-state index in [1.165, 1.54) is 4.63 Å². The van der Waals surface area contributed by atoms with Crippen LogP contribution in [0.15, 0.2) is 60.9 Å². The molecule has 0 saturated heterocycles. The molecule has 4 aromatic rings. The number of anilines is 1. The van der Waals surface area contributed by atoms with Gasteiger partial charge in [0.1, 0.15) is 5.82 Å². The van der Waals surface area contributed by atoms with Crippen LogP contribution in [0.1, 0.15) is 5.56 Å². The molecule has 0 amide bonds. The van der Waals surface area contributed by atoms with Crippen molar-refractivity contribution in [3.63, 3.8) is 0 Å². The maximum Gasteiger partial charge on any atom is 0.200 e. The summed E-state index contributed by atoms with van der Waals surface area (Å²) in [5, 5.41) is 18.7. The van der Waals surface area contributed by atoms with Crippen molar-refractivity contribution in [3.05, 3.63) is 66.5 Å². The molecule has 4 rings (SSSR count). The lowest BCUT2D eigenvalue weighted by molar-refractivity contribution is 0.734. The molecular weight excluding hydrogens is 290 g/mol. The number of nitrogens with one attached hydrogen (secondary N) is 1. The Hall–Kier alpha value is -3.35. The van der Waals surface area contributed by atoms with E-state index in [0.29, 0.717) is 12.2 Å². The molecule has 0 bridgehead atoms. The van der Waals surface area contributed by atoms with E-state index < -0.39 is 0 Å². The number of tetrazole rings is 1. The summed E-state index contributed by atoms with van der Waals surface area (Å²) in [6, 6.07) is 16.0. The average molecular weight is 303 g/mol. The van der Waals surface area contributed by atoms with Crippen LogP contribution >= 0.6 is 0 Å². The van der Waals surface area contributed by atoms with Crippen LogP contribution in [-0.4, -0.2) is 30.2 Å². The maximum atomic E-state index is 4.28. The second-order valence-electron chi connectivity index (χ2n) is 5.04. The molecular formula is C16H13N7. The lowest BCUT2D eigenvalue weighted by Crippen LogP contribution is -2.04. The first-order valence-electron chi connectivity index (χ1n) is 7.17. The Kier molecular flexibility index (Phi) is 3.36. The predicted octanol–water partition coefficient (Wildman–Crippen LogP) is 2.19. The van der Waals surface area contributed by atoms with E-state index in [9.17, 15) is 0 Å². The quantitative estimate of drug-likeness (QED) is 0.622. The Bertz CT molecular complexity index is 916. The minimum atomic E-state index is 0.622. The Morgan fingerprint density at radius 2 is 1.87 bits per heavy atom. The molecule has 1 N–H and O–H groups in total. The molecule has 0 radical (unpaired) electrons. The Labute approximate surface area is 132 Å². The van der Waals surface area contributed by atoms with E-state index >= 15 is 0 Å². The Balaban J connectivity index is 1.46. The average Bonchev–Trinajstić information content (AvgIpc) is 3.09. The van der Waals surface area contributed by atoms with Crippen LogP contribution in [0.2, 0.25) is 0 Å². The van der Waals surface area contributed by atoms with Gasteiger partial charge >= 0.3 is 0 Å². The SMILES string of the molecule is c1cncc(-c2ccc(CNc3ccc4nnnn4n3)cc2)c1. The molecule has 3 heterocycles. The molecule has 0 fully saturated rings. The fourth-order valence-electron chi connectivity index (χ4n) is 2.29. The van der Waals surface area contributed by atoms with Gasteiger partial charge in [-0.05, 0) is 45.3 Å². The van der Waals surface area contributed by atoms with Crippen LogP contribution in [0, 0.1) is 0 Å². The molecule has 112 valence electrons. The first-order valence-corrected chi connectivity index (χ1v) is 7.17. The Morgan fingerprint density at radius 3 is 2.70 bits per heavy atom. The highest BCUT2D eigenvalue weighted by Crippen LogP contribution is 2.18. The summed E-state index contributed by atoms with van der Waals surface area (Å²) in [4.78, 5) is 4.14. The van der Waals surface area contributed by atoms with E-state index in [1.807, 2.05) is 30.5 Å². The van der Waals surface area contributed by atoms with Gasteiger partial charge in [-0.15, -0.1) is 14.8 Å². The van der Waals surface area contributed by atoms with Crippen molar-refractivity contribution in [2.75, 3.05) is 5.32 Å². The number of aromatic nitrogens is 6. The van der Waals surface area contributed by atoms with Gasteiger partial charge in [-0.1, -0.05) is 30.3 Å². The molecule has 7 nitrogen and oxygen atoms in total. The molecule has 0 aliphatic carbocycles. The minimum Gasteiger partial charge on any atom is -0.365 e. The summed E-state index contributed by atoms with van der Waals surface area (Å²) in [6.45, 7) is 0.675. The summed E-state index contributed by atoms with van der Waals surface area (Å²) in [7, 11) is 0. The highest BCUT2D eigenvalue weighted by atomic mass is 15.6. The van der Waals surface area contributed by atoms with Crippen molar-refractivity contribution in [2.24, 2.45) is 0 Å². The van der Waals surface area contributed by atoms with Crippen molar-refractivity contribution < 1.29 is 0 Å². The predicted molar refractivity (Wildman–Crippen MR) is 85.6 cm³/mol. The summed E-state index contributed by atoms with van der Waals surface area (Å²) in [5.41, 5.74) is 4.04. The highest BCUT2D eigenvalue weighted by Gasteiger charge is 2.01. The van der Waals surface area contributed by atoms with Crippen molar-refractivity contribution in [2.45, 2.75) is 6.54 Å². The zero-order chi connectivity index (χ0) is 15.5. The van der Waals surface area contributed by atoms with Crippen molar-refractivity contribution in [1.82, 2.24) is 30.2 Å². The van der Waals surface area contributed by atoms with Gasteiger partial charge in [0.25, 0.3) is 0 Å². The monoisotopic (exact) mass is 303 g/mol. The zero-order valence-electron chi connectivity index (χ0n) is 12.2. The molecule has 0 aliphatic heterocycles. The lowest BCUT2D eigenvalue weighted by Gasteiger charge is -2.07. The van der Waals surface area contributed by atoms with Crippen molar-refractivity contribution >= 4 is 11.5 Å². The first kappa shape index (κ1) is 13.3. The van der Waals surface area contributed by atoms with Crippen molar-refractivity contribution in [1.29, 1.82) is 0 Å². The lowest BCUT2D eigenvalue weighted by atomic mass is 10.1. The van der Waals surface area contributed by atoms with Crippen LogP contribution in [0.5, 0.6) is 0 Å². The summed E-state index contributed by atoms with van der Waals surface area (Å²) in [6.07, 6.45) is 3.63. The molecule has 0 spiro atoms. The van der Waals surface area contributed by atoms with Gasteiger partial charge in [-0.3, -0.25) is 4.98 Å². The van der Waals surface area contributed by atoms with Gasteiger partial charge < -0.3 is 5.32 Å². The van der Waals surface area contributed by atoms with Gasteiger partial charge in [0.05, 0.1) is 0 Å². The fourth-order valence-corrected chi connectivity index (χ4v) is 2.29. The number of hydrogen-bond acceptors (Lipinski definition) is 6. The smallest absolute Gasteiger partial charge is 0.200 e. The summed E-state index contributed by atoms with van der Waals surface area (Å²) >= 11 is 0. The third-order valence-electron chi connectivity index (χ3n) is 3.49. The number of pyridine rings is 1. The van der Waals surface area contributed by atoms with E-state index in [1.54, 1.807) is 6.20 Å². The molecule has 0 unspecified atom stereocenters. The van der Waals surface area contributed by atoms with Crippen LogP contribution in [-0.2, 0) is 6.54 Å². The van der Waals surface area contributed by atoms with Gasteiger partial charge in [-0.2, -0.15) is 0 Å². The van der Waals surface area contributed by atoms with E-state index in [4.69, 9.17) is 0 Å². The van der Waals surface area contributed by atoms with Crippen LogP contribution < -0.4 is 5.32 Å². The van der Waals surface area contributed by atoms with Gasteiger partial charge in [0.15, 0.2) is 5.65 Å². The van der Waals surface area contributed by atoms with E-state index in [0.717, 1.165) is 22.5 Å². The van der Waals surface area contributed by atoms with Crippen LogP contribution in [0.4, 0.5) is 5.82 Å². The zero-order valence-corrected chi connectivity index (χ0v) is 12.2. The normalized spacial score (nSPS) is 10.8. The summed E-state index contributed by atoms with van der Waals surface area (Å²) < 4.78 is 1.40. The number of fused-ring (bicyclic) bond motifs is 1. The van der Waals surface area contributed by atoms with E-state index in [2.05, 4.69) is 55.2 Å². The third-order valence-corrected chi connectivity index (χ3v) is 3.49. The van der Waals surface area contributed by atoms with Crippen LogP contribution in [0.3, 0.4) is 0 Å². The number of rotatable bonds is 4. The summed E-state index contributed by atoms with van der Waals surface area (Å²) in [5.74, 6) is 0.723. The molecule has 0 atom stereocenters. The largest absolute Gasteiger partial charge is 0.365 e. The minimum absolute atomic E-state index is 0.622. The van der Waals surface area contributed by atoms with Crippen molar-refractivity contribution in [3.8, 4) is 11.1 Å². The van der Waals surface area contributed by atoms with E-state index in [-0.39, 0.29) is 0 Å². The maximum absolute atomic E-state index is 4.28. The molecule has 0 saturated carbocycles.